The first kappa shape index (κ1) is 19.7. The van der Waals surface area contributed by atoms with Crippen LogP contribution in [0.5, 0.6) is 0 Å². The van der Waals surface area contributed by atoms with Gasteiger partial charge in [-0.15, -0.1) is 0 Å². The van der Waals surface area contributed by atoms with Crippen LogP contribution in [0.2, 0.25) is 0 Å². The standard InChI is InChI=1S/C23H36N4O/c1-19(25-17-15-24(2)16-18-25)20-9-13-27(14-10-20)23(28)21-5-7-22(8-6-21)26-11-3-4-12-26/h5-8,19-20H,3-4,9-18H2,1-2H3. The molecule has 0 saturated carbocycles. The average molecular weight is 385 g/mol. The summed E-state index contributed by atoms with van der Waals surface area (Å²) >= 11 is 0. The van der Waals surface area contributed by atoms with Gasteiger partial charge >= 0.3 is 0 Å². The Labute approximate surface area is 170 Å². The van der Waals surface area contributed by atoms with E-state index in [2.05, 4.69) is 45.7 Å². The number of anilines is 1. The molecule has 3 aliphatic heterocycles. The topological polar surface area (TPSA) is 30.0 Å². The second-order valence-corrected chi connectivity index (χ2v) is 8.95. The molecule has 3 aliphatic rings. The van der Waals surface area contributed by atoms with Crippen LogP contribution in [-0.4, -0.2) is 86.1 Å². The zero-order valence-electron chi connectivity index (χ0n) is 17.6. The average Bonchev–Trinajstić information content (AvgIpc) is 3.28. The van der Waals surface area contributed by atoms with E-state index in [0.717, 1.165) is 44.6 Å². The Balaban J connectivity index is 1.29. The SMILES string of the molecule is CC(C1CCN(C(=O)c2ccc(N3CCCC3)cc2)CC1)N1CCN(C)CC1. The number of carbonyl (C=O) groups is 1. The zero-order chi connectivity index (χ0) is 19.5. The highest BCUT2D eigenvalue weighted by Gasteiger charge is 2.30. The predicted octanol–water partition coefficient (Wildman–Crippen LogP) is 2.77. The minimum absolute atomic E-state index is 0.207. The van der Waals surface area contributed by atoms with E-state index in [4.69, 9.17) is 0 Å². The quantitative estimate of drug-likeness (QED) is 0.799. The molecule has 1 unspecified atom stereocenters. The number of piperazine rings is 1. The molecule has 1 amide bonds. The number of piperidine rings is 1. The number of amides is 1. The van der Waals surface area contributed by atoms with Crippen molar-refractivity contribution in [2.75, 3.05) is 64.3 Å². The Morgan fingerprint density at radius 2 is 1.50 bits per heavy atom. The van der Waals surface area contributed by atoms with Crippen molar-refractivity contribution in [3.63, 3.8) is 0 Å². The maximum absolute atomic E-state index is 12.9. The van der Waals surface area contributed by atoms with Crippen molar-refractivity contribution in [3.05, 3.63) is 29.8 Å². The summed E-state index contributed by atoms with van der Waals surface area (Å²) < 4.78 is 0. The van der Waals surface area contributed by atoms with Gasteiger partial charge in [-0.3, -0.25) is 9.69 Å². The smallest absolute Gasteiger partial charge is 0.253 e. The van der Waals surface area contributed by atoms with Crippen molar-refractivity contribution in [2.24, 2.45) is 5.92 Å². The first-order valence-electron chi connectivity index (χ1n) is 11.2. The lowest BCUT2D eigenvalue weighted by Crippen LogP contribution is -2.52. The van der Waals surface area contributed by atoms with Crippen LogP contribution < -0.4 is 4.90 Å². The predicted molar refractivity (Wildman–Crippen MR) is 115 cm³/mol. The molecular weight excluding hydrogens is 348 g/mol. The van der Waals surface area contributed by atoms with Gasteiger partial charge in [-0.1, -0.05) is 0 Å². The number of rotatable bonds is 4. The number of likely N-dealkylation sites (tertiary alicyclic amines) is 1. The third kappa shape index (κ3) is 4.36. The maximum atomic E-state index is 12.9. The molecule has 5 nitrogen and oxygen atoms in total. The van der Waals surface area contributed by atoms with Crippen LogP contribution in [0, 0.1) is 5.92 Å². The van der Waals surface area contributed by atoms with Crippen LogP contribution in [0.4, 0.5) is 5.69 Å². The van der Waals surface area contributed by atoms with Gasteiger partial charge in [0.2, 0.25) is 0 Å². The van der Waals surface area contributed by atoms with Gasteiger partial charge in [0.05, 0.1) is 0 Å². The Bertz CT molecular complexity index is 639. The fraction of sp³-hybridized carbons (Fsp3) is 0.696. The molecule has 1 atom stereocenters. The van der Waals surface area contributed by atoms with Crippen LogP contribution in [0.1, 0.15) is 43.0 Å². The summed E-state index contributed by atoms with van der Waals surface area (Å²) in [7, 11) is 2.21. The summed E-state index contributed by atoms with van der Waals surface area (Å²) in [5, 5.41) is 0. The monoisotopic (exact) mass is 384 g/mol. The van der Waals surface area contributed by atoms with E-state index in [0.29, 0.717) is 12.0 Å². The third-order valence-corrected chi connectivity index (χ3v) is 7.21. The van der Waals surface area contributed by atoms with Crippen LogP contribution >= 0.6 is 0 Å². The maximum Gasteiger partial charge on any atom is 0.253 e. The first-order valence-corrected chi connectivity index (χ1v) is 11.2. The molecule has 0 radical (unpaired) electrons. The molecule has 154 valence electrons. The summed E-state index contributed by atoms with van der Waals surface area (Å²) in [6.07, 6.45) is 4.82. The zero-order valence-corrected chi connectivity index (χ0v) is 17.6. The summed E-state index contributed by atoms with van der Waals surface area (Å²) in [5.41, 5.74) is 2.10. The summed E-state index contributed by atoms with van der Waals surface area (Å²) in [4.78, 5) is 22.5. The van der Waals surface area contributed by atoms with Gasteiger partial charge in [0.1, 0.15) is 0 Å². The largest absolute Gasteiger partial charge is 0.372 e. The molecule has 0 bridgehead atoms. The normalized spacial score (nSPS) is 23.9. The molecular formula is C23H36N4O. The van der Waals surface area contributed by atoms with Crippen molar-refractivity contribution in [3.8, 4) is 0 Å². The van der Waals surface area contributed by atoms with E-state index in [1.807, 2.05) is 12.1 Å². The minimum atomic E-state index is 0.207. The third-order valence-electron chi connectivity index (χ3n) is 7.21. The molecule has 0 spiro atoms. The van der Waals surface area contributed by atoms with E-state index in [-0.39, 0.29) is 5.91 Å². The highest BCUT2D eigenvalue weighted by Crippen LogP contribution is 2.26. The van der Waals surface area contributed by atoms with E-state index in [1.165, 1.54) is 44.7 Å². The van der Waals surface area contributed by atoms with Crippen LogP contribution in [0.3, 0.4) is 0 Å². The molecule has 5 heteroatoms. The van der Waals surface area contributed by atoms with Crippen LogP contribution in [0.25, 0.3) is 0 Å². The number of nitrogens with zero attached hydrogens (tertiary/aromatic N) is 4. The van der Waals surface area contributed by atoms with Crippen molar-refractivity contribution in [2.45, 2.75) is 38.6 Å². The molecule has 3 heterocycles. The van der Waals surface area contributed by atoms with Gasteiger partial charge in [0, 0.05) is 69.7 Å². The molecule has 4 rings (SSSR count). The van der Waals surface area contributed by atoms with Crippen LogP contribution in [0.15, 0.2) is 24.3 Å². The Morgan fingerprint density at radius 3 is 2.11 bits per heavy atom. The Morgan fingerprint density at radius 1 is 0.893 bits per heavy atom. The molecule has 3 fully saturated rings. The molecule has 0 N–H and O–H groups in total. The highest BCUT2D eigenvalue weighted by atomic mass is 16.2. The highest BCUT2D eigenvalue weighted by molar-refractivity contribution is 5.94. The van der Waals surface area contributed by atoms with Crippen LogP contribution in [-0.2, 0) is 0 Å². The minimum Gasteiger partial charge on any atom is -0.372 e. The number of carbonyl (C=O) groups excluding carboxylic acids is 1. The lowest BCUT2D eigenvalue weighted by molar-refractivity contribution is 0.0500. The summed E-state index contributed by atoms with van der Waals surface area (Å²) in [5.74, 6) is 0.920. The van der Waals surface area contributed by atoms with Gasteiger partial charge in [-0.25, -0.2) is 0 Å². The number of hydrogen-bond donors (Lipinski definition) is 0. The van der Waals surface area contributed by atoms with E-state index < -0.39 is 0 Å². The van der Waals surface area contributed by atoms with Gasteiger partial charge in [-0.2, -0.15) is 0 Å². The van der Waals surface area contributed by atoms with Gasteiger partial charge in [0.15, 0.2) is 0 Å². The Kier molecular flexibility index (Phi) is 6.22. The fourth-order valence-corrected chi connectivity index (χ4v) is 5.09. The van der Waals surface area contributed by atoms with Gasteiger partial charge in [-0.05, 0) is 69.8 Å². The lowest BCUT2D eigenvalue weighted by Gasteiger charge is -2.42. The molecule has 1 aromatic carbocycles. The fourth-order valence-electron chi connectivity index (χ4n) is 5.09. The van der Waals surface area contributed by atoms with Gasteiger partial charge in [0.25, 0.3) is 5.91 Å². The first-order chi connectivity index (χ1) is 13.6. The second kappa shape index (κ2) is 8.83. The van der Waals surface area contributed by atoms with E-state index in [9.17, 15) is 4.79 Å². The Hall–Kier alpha value is -1.59. The van der Waals surface area contributed by atoms with Crippen molar-refractivity contribution < 1.29 is 4.79 Å². The number of likely N-dealkylation sites (N-methyl/N-ethyl adjacent to an activating group) is 1. The van der Waals surface area contributed by atoms with E-state index >= 15 is 0 Å². The van der Waals surface area contributed by atoms with Crippen molar-refractivity contribution >= 4 is 11.6 Å². The summed E-state index contributed by atoms with van der Waals surface area (Å²) in [6.45, 7) is 11.2. The van der Waals surface area contributed by atoms with Crippen molar-refractivity contribution in [1.82, 2.24) is 14.7 Å². The van der Waals surface area contributed by atoms with Crippen molar-refractivity contribution in [1.29, 1.82) is 0 Å². The van der Waals surface area contributed by atoms with Gasteiger partial charge < -0.3 is 14.7 Å². The van der Waals surface area contributed by atoms with E-state index in [1.54, 1.807) is 0 Å². The lowest BCUT2D eigenvalue weighted by atomic mass is 9.88. The molecule has 3 saturated heterocycles. The summed E-state index contributed by atoms with van der Waals surface area (Å²) in [6, 6.07) is 8.93. The molecule has 0 aliphatic carbocycles. The second-order valence-electron chi connectivity index (χ2n) is 8.95. The molecule has 28 heavy (non-hydrogen) atoms. The molecule has 0 aromatic heterocycles. The number of benzene rings is 1. The molecule has 1 aromatic rings. The number of hydrogen-bond acceptors (Lipinski definition) is 4.